The number of aromatic nitrogens is 4. The Morgan fingerprint density at radius 2 is 1.83 bits per heavy atom. The van der Waals surface area contributed by atoms with Crippen molar-refractivity contribution in [3.63, 3.8) is 0 Å². The number of thiazole rings is 1. The fraction of sp³-hybridized carbons (Fsp3) is 0.379. The van der Waals surface area contributed by atoms with Crippen molar-refractivity contribution in [1.29, 1.82) is 5.26 Å². The number of fused-ring (bicyclic) bond motifs is 2. The lowest BCUT2D eigenvalue weighted by Crippen LogP contribution is -2.39. The highest BCUT2D eigenvalue weighted by molar-refractivity contribution is 7.18. The second-order valence-corrected chi connectivity index (χ2v) is 12.9. The zero-order valence-corrected chi connectivity index (χ0v) is 24.3. The quantitative estimate of drug-likeness (QED) is 0.222. The van der Waals surface area contributed by atoms with Gasteiger partial charge in [0.2, 0.25) is 0 Å². The first kappa shape index (κ1) is 27.6. The molecule has 0 radical (unpaired) electrons. The third-order valence-corrected chi connectivity index (χ3v) is 9.58. The second kappa shape index (κ2) is 11.0. The summed E-state index contributed by atoms with van der Waals surface area (Å²) in [5.74, 6) is 0.603. The van der Waals surface area contributed by atoms with Crippen LogP contribution in [0.15, 0.2) is 36.8 Å². The van der Waals surface area contributed by atoms with Crippen LogP contribution in [-0.4, -0.2) is 49.7 Å². The summed E-state index contributed by atoms with van der Waals surface area (Å²) in [5.41, 5.74) is 4.13. The number of benzene rings is 1. The highest BCUT2D eigenvalue weighted by Crippen LogP contribution is 2.33. The van der Waals surface area contributed by atoms with Gasteiger partial charge in [-0.3, -0.25) is 4.90 Å². The molecule has 5 heterocycles. The van der Waals surface area contributed by atoms with Gasteiger partial charge in [0.05, 0.1) is 23.4 Å². The summed E-state index contributed by atoms with van der Waals surface area (Å²) in [5, 5.41) is 16.0. The molecular formula is C29H28F3N7S2. The molecule has 0 amide bonds. The first-order valence-electron chi connectivity index (χ1n) is 13.4. The third kappa shape index (κ3) is 5.93. The van der Waals surface area contributed by atoms with Crippen LogP contribution in [0.3, 0.4) is 0 Å². The molecule has 0 unspecified atom stereocenters. The molecule has 1 N–H and O–H groups in total. The van der Waals surface area contributed by atoms with E-state index in [1.807, 2.05) is 19.2 Å². The first-order valence-corrected chi connectivity index (χ1v) is 15.0. The Morgan fingerprint density at radius 3 is 2.54 bits per heavy atom. The molecule has 1 saturated heterocycles. The van der Waals surface area contributed by atoms with Crippen LogP contribution in [0.5, 0.6) is 0 Å². The van der Waals surface area contributed by atoms with Crippen LogP contribution in [0, 0.1) is 25.2 Å². The van der Waals surface area contributed by atoms with E-state index < -0.39 is 12.6 Å². The van der Waals surface area contributed by atoms with Crippen molar-refractivity contribution in [2.75, 3.05) is 18.4 Å². The highest BCUT2D eigenvalue weighted by atomic mass is 32.1. The van der Waals surface area contributed by atoms with Crippen LogP contribution >= 0.6 is 22.7 Å². The number of nitrogens with one attached hydrogen (secondary N) is 1. The normalized spacial score (nSPS) is 15.1. The molecule has 41 heavy (non-hydrogen) atoms. The number of nitriles is 1. The monoisotopic (exact) mass is 595 g/mol. The number of halogens is 3. The number of piperidine rings is 1. The van der Waals surface area contributed by atoms with E-state index in [4.69, 9.17) is 0 Å². The van der Waals surface area contributed by atoms with Crippen LogP contribution in [0.1, 0.15) is 44.4 Å². The Balaban J connectivity index is 1.12. The summed E-state index contributed by atoms with van der Waals surface area (Å²) in [4.78, 5) is 17.2. The van der Waals surface area contributed by atoms with E-state index in [-0.39, 0.29) is 10.9 Å². The number of rotatable bonds is 7. The van der Waals surface area contributed by atoms with Crippen LogP contribution in [0.2, 0.25) is 0 Å². The van der Waals surface area contributed by atoms with Crippen molar-refractivity contribution in [2.24, 2.45) is 0 Å². The molecule has 0 atom stereocenters. The fourth-order valence-corrected chi connectivity index (χ4v) is 7.37. The molecule has 212 valence electrons. The minimum Gasteiger partial charge on any atom is -0.367 e. The number of aryl methyl sites for hydroxylation is 2. The molecule has 12 heteroatoms. The Labute approximate surface area is 243 Å². The van der Waals surface area contributed by atoms with Gasteiger partial charge in [0.15, 0.2) is 0 Å². The lowest BCUT2D eigenvalue weighted by Gasteiger charge is -2.33. The maximum Gasteiger partial charge on any atom is 0.393 e. The predicted octanol–water partition coefficient (Wildman–Crippen LogP) is 6.82. The SMILES string of the molecule is Cc1ncc(Cn2c(C#N)cc3c(C)c(CN4CCC(Nc5ncnc6sc(CC(F)(F)F)cc56)CC4)ccc32)s1. The van der Waals surface area contributed by atoms with Crippen LogP contribution in [0.4, 0.5) is 19.0 Å². The van der Waals surface area contributed by atoms with Gasteiger partial charge in [0, 0.05) is 52.5 Å². The summed E-state index contributed by atoms with van der Waals surface area (Å²) in [6.07, 6.45) is -0.112. The summed E-state index contributed by atoms with van der Waals surface area (Å²) >= 11 is 2.72. The molecule has 0 saturated carbocycles. The molecule has 1 fully saturated rings. The molecule has 7 nitrogen and oxygen atoms in total. The summed E-state index contributed by atoms with van der Waals surface area (Å²) in [6.45, 7) is 7.34. The van der Waals surface area contributed by atoms with Crippen molar-refractivity contribution < 1.29 is 13.2 Å². The second-order valence-electron chi connectivity index (χ2n) is 10.5. The topological polar surface area (TPSA) is 82.7 Å². The number of hydrogen-bond acceptors (Lipinski definition) is 8. The summed E-state index contributed by atoms with van der Waals surface area (Å²) in [7, 11) is 0. The maximum atomic E-state index is 12.9. The van der Waals surface area contributed by atoms with Crippen molar-refractivity contribution in [3.05, 3.63) is 68.4 Å². The standard InChI is InChI=1S/C29H28F3N7S2/c1-17-19(3-4-26-24(17)9-21(12-33)39(26)15-23-13-34-18(2)40-23)14-38-7-5-20(6-8-38)37-27-25-10-22(11-29(30,31)32)41-28(25)36-16-35-27/h3-4,9-10,13,16,20H,5-8,11,14-15H2,1-2H3,(H,35,36,37). The van der Waals surface area contributed by atoms with Gasteiger partial charge in [-0.05, 0) is 56.0 Å². The van der Waals surface area contributed by atoms with Gasteiger partial charge in [0.25, 0.3) is 0 Å². The minimum absolute atomic E-state index is 0.182. The Kier molecular flexibility index (Phi) is 7.44. The van der Waals surface area contributed by atoms with E-state index in [9.17, 15) is 18.4 Å². The highest BCUT2D eigenvalue weighted by Gasteiger charge is 2.29. The average molecular weight is 596 g/mol. The van der Waals surface area contributed by atoms with E-state index in [2.05, 4.69) is 54.9 Å². The van der Waals surface area contributed by atoms with Gasteiger partial charge < -0.3 is 9.88 Å². The van der Waals surface area contributed by atoms with Gasteiger partial charge in [-0.1, -0.05) is 6.07 Å². The predicted molar refractivity (Wildman–Crippen MR) is 156 cm³/mol. The first-order chi connectivity index (χ1) is 19.7. The Bertz CT molecular complexity index is 1750. The number of nitrogens with zero attached hydrogens (tertiary/aromatic N) is 6. The van der Waals surface area contributed by atoms with Crippen LogP contribution in [-0.2, 0) is 19.5 Å². The van der Waals surface area contributed by atoms with E-state index in [1.165, 1.54) is 17.5 Å². The molecule has 1 aliphatic heterocycles. The summed E-state index contributed by atoms with van der Waals surface area (Å²) < 4.78 is 40.7. The van der Waals surface area contributed by atoms with Crippen molar-refractivity contribution >= 4 is 49.6 Å². The number of anilines is 1. The van der Waals surface area contributed by atoms with E-state index in [1.54, 1.807) is 17.4 Å². The number of hydrogen-bond donors (Lipinski definition) is 1. The number of likely N-dealkylation sites (tertiary alicyclic amines) is 1. The molecule has 0 aliphatic carbocycles. The van der Waals surface area contributed by atoms with Gasteiger partial charge in [-0.25, -0.2) is 15.0 Å². The lowest BCUT2D eigenvalue weighted by molar-refractivity contribution is -0.126. The maximum absolute atomic E-state index is 12.9. The average Bonchev–Trinajstić information content (AvgIpc) is 3.63. The third-order valence-electron chi connectivity index (χ3n) is 7.64. The smallest absolute Gasteiger partial charge is 0.367 e. The molecule has 1 aliphatic rings. The lowest BCUT2D eigenvalue weighted by atomic mass is 10.0. The van der Waals surface area contributed by atoms with E-state index in [0.717, 1.165) is 64.6 Å². The van der Waals surface area contributed by atoms with Gasteiger partial charge >= 0.3 is 6.18 Å². The zero-order chi connectivity index (χ0) is 28.7. The molecule has 1 aromatic carbocycles. The summed E-state index contributed by atoms with van der Waals surface area (Å²) in [6, 6.07) is 10.4. The fourth-order valence-electron chi connectivity index (χ4n) is 5.56. The zero-order valence-electron chi connectivity index (χ0n) is 22.6. The Hall–Kier alpha value is -3.53. The molecule has 0 spiro atoms. The van der Waals surface area contributed by atoms with Crippen molar-refractivity contribution in [3.8, 4) is 6.07 Å². The van der Waals surface area contributed by atoms with Gasteiger partial charge in [0.1, 0.15) is 28.7 Å². The molecule has 5 aromatic rings. The van der Waals surface area contributed by atoms with E-state index >= 15 is 0 Å². The number of thiophene rings is 1. The minimum atomic E-state index is -4.25. The van der Waals surface area contributed by atoms with Crippen molar-refractivity contribution in [1.82, 2.24) is 24.4 Å². The number of alkyl halides is 3. The Morgan fingerprint density at radius 1 is 1.02 bits per heavy atom. The molecule has 0 bridgehead atoms. The largest absolute Gasteiger partial charge is 0.393 e. The van der Waals surface area contributed by atoms with Gasteiger partial charge in [-0.2, -0.15) is 18.4 Å². The van der Waals surface area contributed by atoms with Gasteiger partial charge in [-0.15, -0.1) is 22.7 Å². The molecule has 6 rings (SSSR count). The van der Waals surface area contributed by atoms with Crippen LogP contribution < -0.4 is 5.32 Å². The van der Waals surface area contributed by atoms with E-state index in [0.29, 0.717) is 28.3 Å². The molecule has 4 aromatic heterocycles. The molecular weight excluding hydrogens is 567 g/mol. The van der Waals surface area contributed by atoms with Crippen LogP contribution in [0.25, 0.3) is 21.1 Å². The van der Waals surface area contributed by atoms with Crippen molar-refractivity contribution in [2.45, 2.75) is 58.4 Å².